The number of anilines is 2. The third kappa shape index (κ3) is 5.19. The van der Waals surface area contributed by atoms with Gasteiger partial charge in [0.05, 0.1) is 18.0 Å². The molecule has 0 aliphatic rings. The van der Waals surface area contributed by atoms with Gasteiger partial charge in [0, 0.05) is 6.54 Å². The van der Waals surface area contributed by atoms with Crippen LogP contribution < -0.4 is 11.1 Å². The average molecular weight is 259 g/mol. The monoisotopic (exact) mass is 258 g/mol. The number of nitrogens with two attached hydrogens (primary N) is 1. The second-order valence-corrected chi connectivity index (χ2v) is 5.58. The lowest BCUT2D eigenvalue weighted by Crippen LogP contribution is -2.25. The number of hydrogen-bond acceptors (Lipinski definition) is 5. The molecule has 0 saturated heterocycles. The zero-order valence-corrected chi connectivity index (χ0v) is 11.1. The van der Waals surface area contributed by atoms with Crippen LogP contribution >= 0.6 is 11.6 Å². The van der Waals surface area contributed by atoms with Crippen molar-refractivity contribution in [2.45, 2.75) is 33.3 Å². The topological polar surface area (TPSA) is 84.1 Å². The van der Waals surface area contributed by atoms with E-state index in [9.17, 15) is 5.11 Å². The van der Waals surface area contributed by atoms with Crippen molar-refractivity contribution in [3.05, 3.63) is 11.5 Å². The van der Waals surface area contributed by atoms with E-state index in [-0.39, 0.29) is 10.7 Å². The Hall–Kier alpha value is -1.07. The van der Waals surface area contributed by atoms with Gasteiger partial charge in [-0.3, -0.25) is 0 Å². The van der Waals surface area contributed by atoms with Crippen molar-refractivity contribution in [1.82, 2.24) is 9.97 Å². The first kappa shape index (κ1) is 14.0. The van der Waals surface area contributed by atoms with Crippen LogP contribution in [0.15, 0.2) is 6.20 Å². The molecule has 1 atom stereocenters. The quantitative estimate of drug-likeness (QED) is 0.719. The lowest BCUT2D eigenvalue weighted by Gasteiger charge is -2.22. The molecule has 0 aliphatic carbocycles. The maximum absolute atomic E-state index is 9.83. The lowest BCUT2D eigenvalue weighted by molar-refractivity contribution is 0.132. The summed E-state index contributed by atoms with van der Waals surface area (Å²) >= 11 is 5.66. The van der Waals surface area contributed by atoms with Crippen molar-refractivity contribution in [3.8, 4) is 0 Å². The van der Waals surface area contributed by atoms with Crippen LogP contribution in [0, 0.1) is 5.41 Å². The molecule has 0 bridgehead atoms. The van der Waals surface area contributed by atoms with Crippen LogP contribution in [-0.4, -0.2) is 27.7 Å². The molecule has 0 aliphatic heterocycles. The highest BCUT2D eigenvalue weighted by Gasteiger charge is 2.16. The van der Waals surface area contributed by atoms with E-state index in [0.717, 1.165) is 0 Å². The fraction of sp³-hybridized carbons (Fsp3) is 0.636. The van der Waals surface area contributed by atoms with E-state index in [1.54, 1.807) is 0 Å². The molecule has 1 unspecified atom stereocenters. The van der Waals surface area contributed by atoms with Crippen molar-refractivity contribution in [2.75, 3.05) is 17.6 Å². The number of nitrogens with one attached hydrogen (secondary N) is 1. The highest BCUT2D eigenvalue weighted by molar-refractivity contribution is 6.28. The second-order valence-electron chi connectivity index (χ2n) is 5.24. The first-order valence-corrected chi connectivity index (χ1v) is 5.86. The van der Waals surface area contributed by atoms with E-state index < -0.39 is 6.10 Å². The fourth-order valence-corrected chi connectivity index (χ4v) is 1.64. The summed E-state index contributed by atoms with van der Waals surface area (Å²) in [4.78, 5) is 7.70. The zero-order chi connectivity index (χ0) is 13.1. The van der Waals surface area contributed by atoms with Gasteiger partial charge in [-0.05, 0) is 23.4 Å². The van der Waals surface area contributed by atoms with Crippen molar-refractivity contribution in [1.29, 1.82) is 0 Å². The molecule has 1 rings (SSSR count). The molecule has 1 aromatic heterocycles. The average Bonchev–Trinajstić information content (AvgIpc) is 2.17. The smallest absolute Gasteiger partial charge is 0.224 e. The van der Waals surface area contributed by atoms with Gasteiger partial charge in [-0.15, -0.1) is 0 Å². The number of aliphatic hydroxyl groups is 1. The van der Waals surface area contributed by atoms with Crippen LogP contribution in [-0.2, 0) is 0 Å². The van der Waals surface area contributed by atoms with Crippen LogP contribution in [0.4, 0.5) is 11.5 Å². The normalized spacial score (nSPS) is 13.5. The van der Waals surface area contributed by atoms with Crippen molar-refractivity contribution in [2.24, 2.45) is 5.41 Å². The Morgan fingerprint density at radius 3 is 2.76 bits per heavy atom. The molecule has 0 amide bonds. The molecule has 6 heteroatoms. The summed E-state index contributed by atoms with van der Waals surface area (Å²) in [5, 5.41) is 12.9. The first-order chi connectivity index (χ1) is 7.78. The minimum atomic E-state index is -0.455. The Morgan fingerprint density at radius 1 is 1.53 bits per heavy atom. The molecule has 0 radical (unpaired) electrons. The van der Waals surface area contributed by atoms with Crippen LogP contribution in [0.1, 0.15) is 27.2 Å². The predicted molar refractivity (Wildman–Crippen MR) is 70.0 cm³/mol. The third-order valence-corrected chi connectivity index (χ3v) is 2.32. The highest BCUT2D eigenvalue weighted by atomic mass is 35.5. The molecule has 1 aromatic rings. The number of nitrogens with zero attached hydrogens (tertiary/aromatic N) is 2. The molecular weight excluding hydrogens is 240 g/mol. The molecule has 96 valence electrons. The van der Waals surface area contributed by atoms with Gasteiger partial charge in [0.25, 0.3) is 0 Å². The maximum Gasteiger partial charge on any atom is 0.224 e. The Balaban J connectivity index is 2.53. The summed E-state index contributed by atoms with van der Waals surface area (Å²) in [5.74, 6) is 0.456. The summed E-state index contributed by atoms with van der Waals surface area (Å²) < 4.78 is 0. The minimum Gasteiger partial charge on any atom is -0.394 e. The SMILES string of the molecule is CC(C)(C)CC(O)CNc1nc(Cl)ncc1N. The number of halogens is 1. The van der Waals surface area contributed by atoms with Crippen molar-refractivity contribution >= 4 is 23.1 Å². The Kier molecular flexibility index (Phi) is 4.54. The summed E-state index contributed by atoms with van der Waals surface area (Å²) in [6.07, 6.45) is 1.68. The fourth-order valence-electron chi connectivity index (χ4n) is 1.50. The number of hydrogen-bond donors (Lipinski definition) is 3. The molecule has 5 nitrogen and oxygen atoms in total. The molecule has 17 heavy (non-hydrogen) atoms. The van der Waals surface area contributed by atoms with E-state index in [4.69, 9.17) is 17.3 Å². The molecule has 1 heterocycles. The number of nitrogen functional groups attached to an aromatic ring is 1. The Morgan fingerprint density at radius 2 is 2.18 bits per heavy atom. The Bertz CT molecular complexity index is 378. The molecular formula is C11H19ClN4O. The Labute approximate surface area is 106 Å². The van der Waals surface area contributed by atoms with Gasteiger partial charge in [0.2, 0.25) is 5.28 Å². The summed E-state index contributed by atoms with van der Waals surface area (Å²) in [6, 6.07) is 0. The lowest BCUT2D eigenvalue weighted by atomic mass is 9.89. The van der Waals surface area contributed by atoms with Gasteiger partial charge in [0.1, 0.15) is 0 Å². The van der Waals surface area contributed by atoms with Gasteiger partial charge < -0.3 is 16.2 Å². The van der Waals surface area contributed by atoms with Gasteiger partial charge in [-0.1, -0.05) is 20.8 Å². The largest absolute Gasteiger partial charge is 0.394 e. The predicted octanol–water partition coefficient (Wildman–Crippen LogP) is 1.92. The number of aliphatic hydroxyl groups excluding tert-OH is 1. The van der Waals surface area contributed by atoms with E-state index in [1.165, 1.54) is 6.20 Å². The molecule has 0 spiro atoms. The van der Waals surface area contributed by atoms with Gasteiger partial charge in [-0.2, -0.15) is 4.98 Å². The minimum absolute atomic E-state index is 0.0793. The molecule has 0 fully saturated rings. The van der Waals surface area contributed by atoms with Crippen molar-refractivity contribution in [3.63, 3.8) is 0 Å². The van der Waals surface area contributed by atoms with Crippen LogP contribution in [0.25, 0.3) is 0 Å². The number of rotatable bonds is 4. The van der Waals surface area contributed by atoms with Gasteiger partial charge >= 0.3 is 0 Å². The van der Waals surface area contributed by atoms with Gasteiger partial charge in [0.15, 0.2) is 5.82 Å². The molecule has 4 N–H and O–H groups in total. The maximum atomic E-state index is 9.83. The highest BCUT2D eigenvalue weighted by Crippen LogP contribution is 2.21. The summed E-state index contributed by atoms with van der Waals surface area (Å²) in [5.41, 5.74) is 6.17. The standard InChI is InChI=1S/C11H19ClN4O/c1-11(2,3)4-7(17)5-14-9-8(13)6-15-10(12)16-9/h6-7,17H,4-5,13H2,1-3H3,(H,14,15,16). The van der Waals surface area contributed by atoms with Crippen LogP contribution in [0.2, 0.25) is 5.28 Å². The van der Waals surface area contributed by atoms with E-state index in [2.05, 4.69) is 36.1 Å². The van der Waals surface area contributed by atoms with Crippen LogP contribution in [0.3, 0.4) is 0 Å². The van der Waals surface area contributed by atoms with E-state index >= 15 is 0 Å². The van der Waals surface area contributed by atoms with Gasteiger partial charge in [-0.25, -0.2) is 4.98 Å². The zero-order valence-electron chi connectivity index (χ0n) is 10.4. The second kappa shape index (κ2) is 5.51. The van der Waals surface area contributed by atoms with E-state index in [0.29, 0.717) is 24.5 Å². The molecule has 0 aromatic carbocycles. The first-order valence-electron chi connectivity index (χ1n) is 5.48. The van der Waals surface area contributed by atoms with Crippen LogP contribution in [0.5, 0.6) is 0 Å². The number of aromatic nitrogens is 2. The summed E-state index contributed by atoms with van der Waals surface area (Å²) in [6.45, 7) is 6.61. The molecule has 0 saturated carbocycles. The van der Waals surface area contributed by atoms with Crippen molar-refractivity contribution < 1.29 is 5.11 Å². The summed E-state index contributed by atoms with van der Waals surface area (Å²) in [7, 11) is 0. The van der Waals surface area contributed by atoms with E-state index in [1.807, 2.05) is 0 Å². The third-order valence-electron chi connectivity index (χ3n) is 2.14.